The number of rotatable bonds is 6. The monoisotopic (exact) mass is 263 g/mol. The average Bonchev–Trinajstić information content (AvgIpc) is 2.80. The minimum Gasteiger partial charge on any atom is -0.383 e. The molecule has 0 unspecified atom stereocenters. The van der Waals surface area contributed by atoms with E-state index < -0.39 is 0 Å². The van der Waals surface area contributed by atoms with Gasteiger partial charge in [0.1, 0.15) is 5.82 Å². The number of nitrogens with one attached hydrogen (secondary N) is 1. The average molecular weight is 263 g/mol. The SMILES string of the molecule is COCCNc1nc(Cc2ccccc2C)ns1. The minimum atomic E-state index is 0.673. The molecule has 0 saturated carbocycles. The van der Waals surface area contributed by atoms with Gasteiger partial charge in [0, 0.05) is 31.6 Å². The molecule has 0 saturated heterocycles. The summed E-state index contributed by atoms with van der Waals surface area (Å²) in [6.07, 6.45) is 0.787. The molecule has 1 aromatic carbocycles. The van der Waals surface area contributed by atoms with Crippen LogP contribution in [0, 0.1) is 6.92 Å². The molecule has 96 valence electrons. The molecule has 1 N–H and O–H groups in total. The molecule has 5 heteroatoms. The van der Waals surface area contributed by atoms with E-state index in [1.165, 1.54) is 22.7 Å². The van der Waals surface area contributed by atoms with Crippen molar-refractivity contribution in [2.75, 3.05) is 25.6 Å². The summed E-state index contributed by atoms with van der Waals surface area (Å²) in [6, 6.07) is 8.32. The second kappa shape index (κ2) is 6.47. The zero-order valence-corrected chi connectivity index (χ0v) is 11.5. The van der Waals surface area contributed by atoms with Gasteiger partial charge in [-0.3, -0.25) is 0 Å². The normalized spacial score (nSPS) is 10.6. The number of anilines is 1. The van der Waals surface area contributed by atoms with Gasteiger partial charge in [0.15, 0.2) is 0 Å². The first kappa shape index (κ1) is 13.0. The number of ether oxygens (including phenoxy) is 1. The van der Waals surface area contributed by atoms with Gasteiger partial charge in [0.25, 0.3) is 0 Å². The summed E-state index contributed by atoms with van der Waals surface area (Å²) >= 11 is 1.40. The van der Waals surface area contributed by atoms with E-state index in [9.17, 15) is 0 Å². The predicted molar refractivity (Wildman–Crippen MR) is 74.3 cm³/mol. The van der Waals surface area contributed by atoms with Gasteiger partial charge in [-0.2, -0.15) is 4.37 Å². The van der Waals surface area contributed by atoms with E-state index in [4.69, 9.17) is 4.74 Å². The van der Waals surface area contributed by atoms with Crippen LogP contribution in [-0.2, 0) is 11.2 Å². The third-order valence-electron chi connectivity index (χ3n) is 2.66. The van der Waals surface area contributed by atoms with Crippen LogP contribution >= 0.6 is 11.5 Å². The molecule has 1 aromatic heterocycles. The lowest BCUT2D eigenvalue weighted by Gasteiger charge is -2.02. The maximum absolute atomic E-state index is 4.98. The third kappa shape index (κ3) is 3.51. The highest BCUT2D eigenvalue weighted by molar-refractivity contribution is 7.09. The lowest BCUT2D eigenvalue weighted by Crippen LogP contribution is -2.07. The smallest absolute Gasteiger partial charge is 0.202 e. The van der Waals surface area contributed by atoms with Crippen molar-refractivity contribution < 1.29 is 4.74 Å². The Morgan fingerprint density at radius 3 is 2.94 bits per heavy atom. The first-order chi connectivity index (χ1) is 8.79. The number of hydrogen-bond acceptors (Lipinski definition) is 5. The largest absolute Gasteiger partial charge is 0.383 e. The second-order valence-corrected chi connectivity index (χ2v) is 4.79. The Labute approximate surface area is 111 Å². The molecular formula is C13H17N3OS. The molecule has 0 aliphatic heterocycles. The van der Waals surface area contributed by atoms with Gasteiger partial charge in [-0.05, 0) is 18.1 Å². The zero-order valence-electron chi connectivity index (χ0n) is 10.6. The molecule has 2 rings (SSSR count). The number of nitrogens with zero attached hydrogens (tertiary/aromatic N) is 2. The van der Waals surface area contributed by atoms with Crippen molar-refractivity contribution in [3.8, 4) is 0 Å². The quantitative estimate of drug-likeness (QED) is 0.813. The van der Waals surface area contributed by atoms with Crippen molar-refractivity contribution in [2.24, 2.45) is 0 Å². The first-order valence-electron chi connectivity index (χ1n) is 5.89. The van der Waals surface area contributed by atoms with E-state index in [0.717, 1.165) is 23.9 Å². The number of hydrogen-bond donors (Lipinski definition) is 1. The van der Waals surface area contributed by atoms with Gasteiger partial charge < -0.3 is 10.1 Å². The van der Waals surface area contributed by atoms with Crippen LogP contribution in [-0.4, -0.2) is 29.6 Å². The van der Waals surface area contributed by atoms with Gasteiger partial charge in [-0.15, -0.1) is 0 Å². The molecule has 1 heterocycles. The first-order valence-corrected chi connectivity index (χ1v) is 6.67. The highest BCUT2D eigenvalue weighted by atomic mass is 32.1. The van der Waals surface area contributed by atoms with E-state index in [2.05, 4.69) is 33.7 Å². The van der Waals surface area contributed by atoms with Crippen molar-refractivity contribution in [1.29, 1.82) is 0 Å². The molecule has 0 radical (unpaired) electrons. The van der Waals surface area contributed by atoms with Gasteiger partial charge in [-0.1, -0.05) is 24.3 Å². The van der Waals surface area contributed by atoms with Crippen LogP contribution < -0.4 is 5.32 Å². The van der Waals surface area contributed by atoms with Crippen LogP contribution in [0.2, 0.25) is 0 Å². The van der Waals surface area contributed by atoms with E-state index in [0.29, 0.717) is 6.61 Å². The van der Waals surface area contributed by atoms with Crippen LogP contribution in [0.3, 0.4) is 0 Å². The van der Waals surface area contributed by atoms with Gasteiger partial charge in [0.05, 0.1) is 6.61 Å². The summed E-state index contributed by atoms with van der Waals surface area (Å²) in [5.41, 5.74) is 2.56. The van der Waals surface area contributed by atoms with Gasteiger partial charge in [0.2, 0.25) is 5.13 Å². The number of methoxy groups -OCH3 is 1. The van der Waals surface area contributed by atoms with E-state index in [-0.39, 0.29) is 0 Å². The fraction of sp³-hybridized carbons (Fsp3) is 0.385. The Hall–Kier alpha value is -1.46. The Balaban J connectivity index is 1.96. The summed E-state index contributed by atoms with van der Waals surface area (Å²) in [4.78, 5) is 4.46. The Morgan fingerprint density at radius 2 is 2.17 bits per heavy atom. The maximum atomic E-state index is 4.98. The Kier molecular flexibility index (Phi) is 4.66. The molecule has 0 aliphatic rings. The molecule has 0 atom stereocenters. The molecule has 0 aliphatic carbocycles. The molecule has 18 heavy (non-hydrogen) atoms. The lowest BCUT2D eigenvalue weighted by atomic mass is 10.1. The minimum absolute atomic E-state index is 0.673. The molecule has 2 aromatic rings. The zero-order chi connectivity index (χ0) is 12.8. The maximum Gasteiger partial charge on any atom is 0.202 e. The van der Waals surface area contributed by atoms with E-state index in [1.54, 1.807) is 7.11 Å². The lowest BCUT2D eigenvalue weighted by molar-refractivity contribution is 0.211. The summed E-state index contributed by atoms with van der Waals surface area (Å²) in [7, 11) is 1.69. The van der Waals surface area contributed by atoms with Crippen molar-refractivity contribution in [3.63, 3.8) is 0 Å². The highest BCUT2D eigenvalue weighted by Gasteiger charge is 2.06. The highest BCUT2D eigenvalue weighted by Crippen LogP contribution is 2.15. The predicted octanol–water partition coefficient (Wildman–Crippen LogP) is 2.50. The van der Waals surface area contributed by atoms with Gasteiger partial charge >= 0.3 is 0 Å². The van der Waals surface area contributed by atoms with Crippen molar-refractivity contribution in [1.82, 2.24) is 9.36 Å². The summed E-state index contributed by atoms with van der Waals surface area (Å²) in [5.74, 6) is 0.870. The van der Waals surface area contributed by atoms with Crippen LogP contribution in [0.25, 0.3) is 0 Å². The summed E-state index contributed by atoms with van der Waals surface area (Å²) < 4.78 is 9.33. The van der Waals surface area contributed by atoms with Crippen LogP contribution in [0.15, 0.2) is 24.3 Å². The Bertz CT molecular complexity index is 498. The number of aromatic nitrogens is 2. The van der Waals surface area contributed by atoms with Crippen LogP contribution in [0.4, 0.5) is 5.13 Å². The fourth-order valence-electron chi connectivity index (χ4n) is 1.64. The van der Waals surface area contributed by atoms with Crippen molar-refractivity contribution >= 4 is 16.7 Å². The van der Waals surface area contributed by atoms with Crippen molar-refractivity contribution in [3.05, 3.63) is 41.2 Å². The summed E-state index contributed by atoms with van der Waals surface area (Å²) in [6.45, 7) is 3.54. The molecular weight excluding hydrogens is 246 g/mol. The fourth-order valence-corrected chi connectivity index (χ4v) is 2.25. The van der Waals surface area contributed by atoms with Crippen LogP contribution in [0.1, 0.15) is 17.0 Å². The summed E-state index contributed by atoms with van der Waals surface area (Å²) in [5, 5.41) is 4.04. The number of aryl methyl sites for hydroxylation is 1. The Morgan fingerprint density at radius 1 is 1.33 bits per heavy atom. The van der Waals surface area contributed by atoms with Crippen molar-refractivity contribution in [2.45, 2.75) is 13.3 Å². The van der Waals surface area contributed by atoms with E-state index in [1.807, 2.05) is 12.1 Å². The second-order valence-electron chi connectivity index (χ2n) is 4.04. The topological polar surface area (TPSA) is 47.0 Å². The number of benzene rings is 1. The molecule has 4 nitrogen and oxygen atoms in total. The molecule has 0 bridgehead atoms. The van der Waals surface area contributed by atoms with Gasteiger partial charge in [-0.25, -0.2) is 4.98 Å². The van der Waals surface area contributed by atoms with E-state index >= 15 is 0 Å². The third-order valence-corrected chi connectivity index (χ3v) is 3.37. The standard InChI is InChI=1S/C13H17N3OS/c1-10-5-3-4-6-11(10)9-12-15-13(18-16-12)14-7-8-17-2/h3-6H,7-9H2,1-2H3,(H,14,15,16). The molecule has 0 fully saturated rings. The molecule has 0 amide bonds. The molecule has 0 spiro atoms. The van der Waals surface area contributed by atoms with Crippen LogP contribution in [0.5, 0.6) is 0 Å².